The van der Waals surface area contributed by atoms with Crippen molar-refractivity contribution in [2.24, 2.45) is 0 Å². The quantitative estimate of drug-likeness (QED) is 0.794. The van der Waals surface area contributed by atoms with Gasteiger partial charge in [-0.25, -0.2) is 9.18 Å². The first-order valence-electron chi connectivity index (χ1n) is 9.27. The molecule has 0 saturated carbocycles. The Morgan fingerprint density at radius 3 is 2.46 bits per heavy atom. The smallest absolute Gasteiger partial charge is 0.414 e. The molecule has 2 heterocycles. The van der Waals surface area contributed by atoms with Crippen LogP contribution in [0.25, 0.3) is 0 Å². The predicted octanol–water partition coefficient (Wildman–Crippen LogP) is 2.65. The molecular weight excluding hydrogens is 382 g/mol. The largest absolute Gasteiger partial charge is 0.441 e. The SMILES string of the molecule is O=C1O[C@@H](CO)CN1c1ccc(N2CCP(=O)(c3ccccc3)CC2)c(F)c1. The monoisotopic (exact) mass is 404 g/mol. The van der Waals surface area contributed by atoms with Gasteiger partial charge in [-0.2, -0.15) is 0 Å². The fraction of sp³-hybridized carbons (Fsp3) is 0.350. The van der Waals surface area contributed by atoms with Crippen molar-refractivity contribution in [3.63, 3.8) is 0 Å². The van der Waals surface area contributed by atoms with E-state index in [-0.39, 0.29) is 13.2 Å². The number of aliphatic hydroxyl groups is 1. The van der Waals surface area contributed by atoms with Crippen molar-refractivity contribution in [2.75, 3.05) is 48.4 Å². The Morgan fingerprint density at radius 2 is 1.86 bits per heavy atom. The zero-order valence-corrected chi connectivity index (χ0v) is 16.2. The van der Waals surface area contributed by atoms with Crippen molar-refractivity contribution in [1.29, 1.82) is 0 Å². The minimum Gasteiger partial charge on any atom is -0.441 e. The maximum atomic E-state index is 14.8. The van der Waals surface area contributed by atoms with Crippen molar-refractivity contribution >= 4 is 29.9 Å². The van der Waals surface area contributed by atoms with E-state index >= 15 is 0 Å². The molecule has 2 aliphatic rings. The molecule has 1 amide bonds. The molecule has 1 atom stereocenters. The van der Waals surface area contributed by atoms with Crippen LogP contribution in [0.5, 0.6) is 0 Å². The van der Waals surface area contributed by atoms with Crippen LogP contribution in [-0.4, -0.2) is 55.9 Å². The van der Waals surface area contributed by atoms with Crippen LogP contribution >= 0.6 is 7.14 Å². The summed E-state index contributed by atoms with van der Waals surface area (Å²) in [6.45, 7) is 0.956. The van der Waals surface area contributed by atoms with Crippen molar-refractivity contribution in [3.8, 4) is 0 Å². The Labute approximate surface area is 162 Å². The number of aliphatic hydroxyl groups excluding tert-OH is 1. The molecule has 2 aromatic rings. The number of benzene rings is 2. The van der Waals surface area contributed by atoms with Gasteiger partial charge in [0, 0.05) is 30.7 Å². The average Bonchev–Trinajstić information content (AvgIpc) is 3.10. The number of ether oxygens (including phenoxy) is 1. The molecule has 0 radical (unpaired) electrons. The maximum Gasteiger partial charge on any atom is 0.414 e. The Morgan fingerprint density at radius 1 is 1.14 bits per heavy atom. The summed E-state index contributed by atoms with van der Waals surface area (Å²) >= 11 is 0. The highest BCUT2D eigenvalue weighted by molar-refractivity contribution is 7.71. The van der Waals surface area contributed by atoms with E-state index in [1.807, 2.05) is 35.2 Å². The average molecular weight is 404 g/mol. The van der Waals surface area contributed by atoms with Crippen LogP contribution in [0.15, 0.2) is 48.5 Å². The molecule has 2 saturated heterocycles. The second kappa shape index (κ2) is 7.57. The Kier molecular flexibility index (Phi) is 5.13. The molecule has 8 heteroatoms. The summed E-state index contributed by atoms with van der Waals surface area (Å²) in [6.07, 6.45) is -0.165. The molecule has 148 valence electrons. The summed E-state index contributed by atoms with van der Waals surface area (Å²) in [5.41, 5.74) is 0.837. The van der Waals surface area contributed by atoms with Crippen LogP contribution in [0.3, 0.4) is 0 Å². The lowest BCUT2D eigenvalue weighted by Crippen LogP contribution is -2.37. The van der Waals surface area contributed by atoms with Crippen molar-refractivity contribution in [3.05, 3.63) is 54.3 Å². The van der Waals surface area contributed by atoms with Gasteiger partial charge in [-0.05, 0) is 18.2 Å². The number of rotatable bonds is 4. The van der Waals surface area contributed by atoms with Crippen LogP contribution in [0.1, 0.15) is 0 Å². The van der Waals surface area contributed by atoms with E-state index in [0.29, 0.717) is 36.8 Å². The molecule has 28 heavy (non-hydrogen) atoms. The zero-order valence-electron chi connectivity index (χ0n) is 15.3. The lowest BCUT2D eigenvalue weighted by atomic mass is 10.2. The van der Waals surface area contributed by atoms with E-state index < -0.39 is 25.2 Å². The second-order valence-electron chi connectivity index (χ2n) is 7.09. The highest BCUT2D eigenvalue weighted by Crippen LogP contribution is 2.47. The number of anilines is 2. The second-order valence-corrected chi connectivity index (χ2v) is 10.3. The predicted molar refractivity (Wildman–Crippen MR) is 107 cm³/mol. The van der Waals surface area contributed by atoms with Crippen LogP contribution in [0, 0.1) is 5.82 Å². The summed E-state index contributed by atoms with van der Waals surface area (Å²) in [5, 5.41) is 10.0. The molecular formula is C20H22FN2O4P. The number of carbonyl (C=O) groups excluding carboxylic acids is 1. The van der Waals surface area contributed by atoms with Crippen LogP contribution < -0.4 is 15.1 Å². The maximum absolute atomic E-state index is 14.8. The van der Waals surface area contributed by atoms with E-state index in [1.54, 1.807) is 12.1 Å². The Balaban J connectivity index is 1.48. The van der Waals surface area contributed by atoms with Gasteiger partial charge in [-0.15, -0.1) is 0 Å². The van der Waals surface area contributed by atoms with Gasteiger partial charge >= 0.3 is 6.09 Å². The van der Waals surface area contributed by atoms with Gasteiger partial charge in [0.15, 0.2) is 0 Å². The summed E-state index contributed by atoms with van der Waals surface area (Å²) in [7, 11) is -2.44. The number of halogens is 1. The number of nitrogens with zero attached hydrogens (tertiary/aromatic N) is 2. The summed E-state index contributed by atoms with van der Waals surface area (Å²) in [4.78, 5) is 15.1. The highest BCUT2D eigenvalue weighted by Gasteiger charge is 2.34. The fourth-order valence-corrected chi connectivity index (χ4v) is 6.32. The lowest BCUT2D eigenvalue weighted by molar-refractivity contribution is 0.0963. The van der Waals surface area contributed by atoms with Gasteiger partial charge in [0.25, 0.3) is 0 Å². The number of amides is 1. The molecule has 2 aromatic carbocycles. The molecule has 0 bridgehead atoms. The van der Waals surface area contributed by atoms with Crippen molar-refractivity contribution < 1.29 is 23.6 Å². The molecule has 6 nitrogen and oxygen atoms in total. The third-order valence-electron chi connectivity index (χ3n) is 5.35. The number of carbonyl (C=O) groups is 1. The van der Waals surface area contributed by atoms with Gasteiger partial charge in [0.1, 0.15) is 19.1 Å². The van der Waals surface area contributed by atoms with Crippen LogP contribution in [-0.2, 0) is 9.30 Å². The molecule has 2 aliphatic heterocycles. The van der Waals surface area contributed by atoms with E-state index in [2.05, 4.69) is 0 Å². The highest BCUT2D eigenvalue weighted by atomic mass is 31.2. The van der Waals surface area contributed by atoms with Gasteiger partial charge in [0.05, 0.1) is 24.5 Å². The van der Waals surface area contributed by atoms with Crippen LogP contribution in [0.2, 0.25) is 0 Å². The van der Waals surface area contributed by atoms with E-state index in [0.717, 1.165) is 5.30 Å². The topological polar surface area (TPSA) is 70.1 Å². The normalized spacial score (nSPS) is 21.6. The first kappa shape index (κ1) is 19.0. The van der Waals surface area contributed by atoms with Gasteiger partial charge < -0.3 is 19.3 Å². The molecule has 0 aliphatic carbocycles. The third kappa shape index (κ3) is 3.52. The number of hydrogen-bond donors (Lipinski definition) is 1. The Bertz CT molecular complexity index is 912. The van der Waals surface area contributed by atoms with E-state index in [1.165, 1.54) is 11.0 Å². The van der Waals surface area contributed by atoms with Crippen molar-refractivity contribution in [2.45, 2.75) is 6.10 Å². The molecule has 0 spiro atoms. The fourth-order valence-electron chi connectivity index (χ4n) is 3.73. The zero-order chi connectivity index (χ0) is 19.7. The summed E-state index contributed by atoms with van der Waals surface area (Å²) in [6, 6.07) is 14.1. The molecule has 2 fully saturated rings. The molecule has 4 rings (SSSR count). The summed E-state index contributed by atoms with van der Waals surface area (Å²) < 4.78 is 33.0. The van der Waals surface area contributed by atoms with Gasteiger partial charge in [-0.1, -0.05) is 30.3 Å². The standard InChI is InChI=1S/C20H22FN2O4P/c21-18-12-15(23-13-16(14-24)27-20(23)25)6-7-19(18)22-8-10-28(26,11-9-22)17-4-2-1-3-5-17/h1-7,12,16,24H,8-11,13-14H2/t16-/m1/s1. The summed E-state index contributed by atoms with van der Waals surface area (Å²) in [5.74, 6) is -0.436. The molecule has 0 aromatic heterocycles. The molecule has 1 N–H and O–H groups in total. The van der Waals surface area contributed by atoms with E-state index in [9.17, 15) is 13.8 Å². The van der Waals surface area contributed by atoms with E-state index in [4.69, 9.17) is 9.84 Å². The first-order valence-corrected chi connectivity index (χ1v) is 11.3. The number of hydrogen-bond acceptors (Lipinski definition) is 5. The minimum atomic E-state index is -2.44. The van der Waals surface area contributed by atoms with Gasteiger partial charge in [0.2, 0.25) is 0 Å². The van der Waals surface area contributed by atoms with Crippen LogP contribution in [0.4, 0.5) is 20.6 Å². The molecule has 0 unspecified atom stereocenters. The third-order valence-corrected chi connectivity index (χ3v) is 8.43. The van der Waals surface area contributed by atoms with Crippen molar-refractivity contribution in [1.82, 2.24) is 0 Å². The lowest BCUT2D eigenvalue weighted by Gasteiger charge is -2.34. The first-order chi connectivity index (χ1) is 13.5. The Hall–Kier alpha value is -2.37. The number of cyclic esters (lactones) is 1. The minimum absolute atomic E-state index is 0.193. The van der Waals surface area contributed by atoms with Gasteiger partial charge in [-0.3, -0.25) is 4.90 Å².